The molecule has 2 atom stereocenters. The molecule has 4 rings (SSSR count). The van der Waals surface area contributed by atoms with Crippen molar-refractivity contribution in [2.75, 3.05) is 32.7 Å². The van der Waals surface area contributed by atoms with Gasteiger partial charge in [0.15, 0.2) is 5.96 Å². The molecule has 7 heteroatoms. The fourth-order valence-electron chi connectivity index (χ4n) is 3.82. The third-order valence-electron chi connectivity index (χ3n) is 5.37. The van der Waals surface area contributed by atoms with Gasteiger partial charge in [-0.05, 0) is 25.8 Å². The first-order valence-corrected chi connectivity index (χ1v) is 9.98. The number of guanidine groups is 1. The van der Waals surface area contributed by atoms with Crippen molar-refractivity contribution in [2.24, 2.45) is 4.99 Å². The van der Waals surface area contributed by atoms with Gasteiger partial charge in [-0.2, -0.15) is 0 Å². The molecule has 152 valence electrons. The number of aryl methyl sites for hydroxylation is 1. The molecular weight excluding hydrogens is 465 g/mol. The van der Waals surface area contributed by atoms with Crippen molar-refractivity contribution < 1.29 is 4.52 Å². The number of piperazine rings is 1. The molecule has 28 heavy (non-hydrogen) atoms. The highest BCUT2D eigenvalue weighted by atomic mass is 127. The van der Waals surface area contributed by atoms with Gasteiger partial charge >= 0.3 is 0 Å². The second-order valence-electron chi connectivity index (χ2n) is 7.49. The van der Waals surface area contributed by atoms with Crippen LogP contribution < -0.4 is 5.32 Å². The van der Waals surface area contributed by atoms with Gasteiger partial charge in [-0.15, -0.1) is 24.0 Å². The molecule has 2 aliphatic rings. The summed E-state index contributed by atoms with van der Waals surface area (Å²) in [5, 5.41) is 7.82. The van der Waals surface area contributed by atoms with Crippen molar-refractivity contribution in [3.05, 3.63) is 53.4 Å². The van der Waals surface area contributed by atoms with E-state index in [0.29, 0.717) is 12.0 Å². The number of hydrogen-bond acceptors (Lipinski definition) is 4. The van der Waals surface area contributed by atoms with Crippen LogP contribution in [0.2, 0.25) is 0 Å². The van der Waals surface area contributed by atoms with Crippen LogP contribution >= 0.6 is 24.0 Å². The normalized spacial score (nSPS) is 22.6. The van der Waals surface area contributed by atoms with Gasteiger partial charge in [-0.1, -0.05) is 35.5 Å². The molecular formula is C21H30IN5O. The van der Waals surface area contributed by atoms with Crippen LogP contribution in [0.25, 0.3) is 0 Å². The third-order valence-corrected chi connectivity index (χ3v) is 5.37. The number of rotatable bonds is 5. The summed E-state index contributed by atoms with van der Waals surface area (Å²) < 4.78 is 5.18. The predicted octanol–water partition coefficient (Wildman–Crippen LogP) is 3.24. The van der Waals surface area contributed by atoms with E-state index >= 15 is 0 Å². The van der Waals surface area contributed by atoms with Crippen molar-refractivity contribution in [1.82, 2.24) is 20.3 Å². The predicted molar refractivity (Wildman–Crippen MR) is 122 cm³/mol. The maximum Gasteiger partial charge on any atom is 0.194 e. The fourth-order valence-corrected chi connectivity index (χ4v) is 3.82. The van der Waals surface area contributed by atoms with Crippen LogP contribution in [0.5, 0.6) is 0 Å². The zero-order valence-corrected chi connectivity index (χ0v) is 19.0. The SMILES string of the molecule is CCN=C(NC1CC1c1ccccc1)N1CCN(Cc2cc(C)on2)CC1.I. The first-order valence-electron chi connectivity index (χ1n) is 9.98. The van der Waals surface area contributed by atoms with Crippen LogP contribution in [-0.4, -0.2) is 59.7 Å². The topological polar surface area (TPSA) is 56.9 Å². The second-order valence-corrected chi connectivity index (χ2v) is 7.49. The first-order chi connectivity index (χ1) is 13.2. The lowest BCUT2D eigenvalue weighted by Gasteiger charge is -2.36. The molecule has 1 aromatic carbocycles. The van der Waals surface area contributed by atoms with E-state index in [1.807, 2.05) is 13.0 Å². The Hall–Kier alpha value is -1.61. The molecule has 0 spiro atoms. The van der Waals surface area contributed by atoms with Crippen LogP contribution in [0, 0.1) is 6.92 Å². The summed E-state index contributed by atoms with van der Waals surface area (Å²) in [4.78, 5) is 9.58. The van der Waals surface area contributed by atoms with Gasteiger partial charge in [0, 0.05) is 57.3 Å². The van der Waals surface area contributed by atoms with Crippen LogP contribution in [0.4, 0.5) is 0 Å². The molecule has 0 bridgehead atoms. The van der Waals surface area contributed by atoms with Crippen LogP contribution in [0.15, 0.2) is 45.9 Å². The Labute approximate surface area is 184 Å². The van der Waals surface area contributed by atoms with Gasteiger partial charge in [-0.25, -0.2) is 0 Å². The Kier molecular flexibility index (Phi) is 7.34. The number of benzene rings is 1. The molecule has 0 radical (unpaired) electrons. The first kappa shape index (κ1) is 21.1. The lowest BCUT2D eigenvalue weighted by atomic mass is 10.1. The lowest BCUT2D eigenvalue weighted by molar-refractivity contribution is 0.168. The van der Waals surface area contributed by atoms with Crippen molar-refractivity contribution in [2.45, 2.75) is 38.8 Å². The second kappa shape index (κ2) is 9.73. The molecule has 1 aliphatic carbocycles. The number of aliphatic imine (C=N–C) groups is 1. The van der Waals surface area contributed by atoms with Gasteiger partial charge in [-0.3, -0.25) is 9.89 Å². The number of nitrogens with one attached hydrogen (secondary N) is 1. The molecule has 2 fully saturated rings. The summed E-state index contributed by atoms with van der Waals surface area (Å²) in [6.07, 6.45) is 1.19. The molecule has 1 aliphatic heterocycles. The van der Waals surface area contributed by atoms with E-state index in [1.54, 1.807) is 0 Å². The van der Waals surface area contributed by atoms with Crippen LogP contribution in [-0.2, 0) is 6.54 Å². The zero-order valence-electron chi connectivity index (χ0n) is 16.7. The number of halogens is 1. The van der Waals surface area contributed by atoms with Gasteiger partial charge in [0.05, 0.1) is 5.69 Å². The van der Waals surface area contributed by atoms with Crippen molar-refractivity contribution in [3.8, 4) is 0 Å². The van der Waals surface area contributed by atoms with Gasteiger partial charge in [0.25, 0.3) is 0 Å². The number of nitrogens with zero attached hydrogens (tertiary/aromatic N) is 4. The Bertz CT molecular complexity index is 770. The highest BCUT2D eigenvalue weighted by Gasteiger charge is 2.39. The van der Waals surface area contributed by atoms with Crippen molar-refractivity contribution >= 4 is 29.9 Å². The summed E-state index contributed by atoms with van der Waals surface area (Å²) in [7, 11) is 0. The lowest BCUT2D eigenvalue weighted by Crippen LogP contribution is -2.52. The van der Waals surface area contributed by atoms with E-state index in [9.17, 15) is 0 Å². The zero-order chi connectivity index (χ0) is 18.6. The van der Waals surface area contributed by atoms with E-state index in [4.69, 9.17) is 9.52 Å². The number of aromatic nitrogens is 1. The smallest absolute Gasteiger partial charge is 0.194 e. The van der Waals surface area contributed by atoms with Crippen LogP contribution in [0.3, 0.4) is 0 Å². The molecule has 2 heterocycles. The highest BCUT2D eigenvalue weighted by Crippen LogP contribution is 2.40. The Morgan fingerprint density at radius 1 is 1.21 bits per heavy atom. The molecule has 1 N–H and O–H groups in total. The van der Waals surface area contributed by atoms with E-state index in [0.717, 1.165) is 56.7 Å². The van der Waals surface area contributed by atoms with Gasteiger partial charge in [0.2, 0.25) is 0 Å². The summed E-state index contributed by atoms with van der Waals surface area (Å²) in [5.74, 6) is 2.56. The molecule has 2 aromatic rings. The molecule has 2 unspecified atom stereocenters. The van der Waals surface area contributed by atoms with Gasteiger partial charge in [0.1, 0.15) is 5.76 Å². The Balaban J connectivity index is 0.00000225. The summed E-state index contributed by atoms with van der Waals surface area (Å²) >= 11 is 0. The molecule has 1 aromatic heterocycles. The van der Waals surface area contributed by atoms with Crippen molar-refractivity contribution in [1.29, 1.82) is 0 Å². The van der Waals surface area contributed by atoms with Gasteiger partial charge < -0.3 is 14.7 Å². The third kappa shape index (κ3) is 5.26. The average Bonchev–Trinajstić information content (AvgIpc) is 3.35. The molecule has 1 saturated carbocycles. The van der Waals surface area contributed by atoms with E-state index in [-0.39, 0.29) is 24.0 Å². The monoisotopic (exact) mass is 495 g/mol. The quantitative estimate of drug-likeness (QED) is 0.392. The molecule has 6 nitrogen and oxygen atoms in total. The summed E-state index contributed by atoms with van der Waals surface area (Å²) in [5.41, 5.74) is 2.45. The van der Waals surface area contributed by atoms with E-state index in [2.05, 4.69) is 57.5 Å². The largest absolute Gasteiger partial charge is 0.361 e. The molecule has 1 saturated heterocycles. The summed E-state index contributed by atoms with van der Waals surface area (Å²) in [6.45, 7) is 9.73. The van der Waals surface area contributed by atoms with Crippen LogP contribution in [0.1, 0.15) is 36.3 Å². The highest BCUT2D eigenvalue weighted by molar-refractivity contribution is 14.0. The Morgan fingerprint density at radius 3 is 2.61 bits per heavy atom. The standard InChI is InChI=1S/C21H29N5O.HI/c1-3-22-21(23-20-14-19(20)17-7-5-4-6-8-17)26-11-9-25(10-12-26)15-18-13-16(2)27-24-18;/h4-8,13,19-20H,3,9-12,14-15H2,1-2H3,(H,22,23);1H. The maximum absolute atomic E-state index is 5.18. The van der Waals surface area contributed by atoms with E-state index < -0.39 is 0 Å². The Morgan fingerprint density at radius 2 is 1.96 bits per heavy atom. The minimum atomic E-state index is 0. The average molecular weight is 495 g/mol. The minimum absolute atomic E-state index is 0. The number of hydrogen-bond donors (Lipinski definition) is 1. The van der Waals surface area contributed by atoms with Crippen molar-refractivity contribution in [3.63, 3.8) is 0 Å². The minimum Gasteiger partial charge on any atom is -0.361 e. The molecule has 0 amide bonds. The maximum atomic E-state index is 5.18. The fraction of sp³-hybridized carbons (Fsp3) is 0.524. The summed E-state index contributed by atoms with van der Waals surface area (Å²) in [6, 6.07) is 13.3. The van der Waals surface area contributed by atoms with E-state index in [1.165, 1.54) is 12.0 Å².